The Hall–Kier alpha value is -1.12. The number of nitrogens with one attached hydrogen (secondary N) is 1. The third-order valence-corrected chi connectivity index (χ3v) is 2.83. The van der Waals surface area contributed by atoms with Gasteiger partial charge in [0.15, 0.2) is 12.0 Å². The van der Waals surface area contributed by atoms with Gasteiger partial charge in [0.25, 0.3) is 0 Å². The first-order chi connectivity index (χ1) is 8.02. The molecule has 0 aromatic carbocycles. The van der Waals surface area contributed by atoms with Crippen molar-refractivity contribution in [3.05, 3.63) is 27.1 Å². The molecule has 2 rings (SSSR count). The maximum Gasteiger partial charge on any atom is 0.328 e. The zero-order chi connectivity index (χ0) is 12.6. The summed E-state index contributed by atoms with van der Waals surface area (Å²) in [6, 6.07) is 0. The van der Waals surface area contributed by atoms with Gasteiger partial charge in [-0.1, -0.05) is 12.2 Å². The average Bonchev–Trinajstić information content (AvgIpc) is 2.65. The topological polar surface area (TPSA) is 67.2 Å². The van der Waals surface area contributed by atoms with Gasteiger partial charge in [0, 0.05) is 6.42 Å². The molecule has 0 radical (unpaired) electrons. The number of alkyl halides is 1. The molecule has 2 heterocycles. The summed E-state index contributed by atoms with van der Waals surface area (Å²) in [7, 11) is 0. The van der Waals surface area contributed by atoms with Gasteiger partial charge in [0.05, 0.1) is 18.9 Å². The zero-order valence-corrected chi connectivity index (χ0v) is 9.42. The summed E-state index contributed by atoms with van der Waals surface area (Å²) in [6.45, 7) is -0.350. The van der Waals surface area contributed by atoms with E-state index in [1.54, 1.807) is 0 Å². The lowest BCUT2D eigenvalue weighted by atomic mass is 10.2. The van der Waals surface area contributed by atoms with Crippen molar-refractivity contribution >= 4 is 12.2 Å². The Morgan fingerprint density at radius 1 is 1.71 bits per heavy atom. The molecular formula is C9H10F2N2O3S. The lowest BCUT2D eigenvalue weighted by Crippen LogP contribution is -2.31. The van der Waals surface area contributed by atoms with E-state index < -0.39 is 30.0 Å². The molecule has 1 aromatic heterocycles. The highest BCUT2D eigenvalue weighted by atomic mass is 32.1. The van der Waals surface area contributed by atoms with Crippen molar-refractivity contribution in [2.45, 2.75) is 24.9 Å². The normalized spacial score (nSPS) is 28.5. The van der Waals surface area contributed by atoms with E-state index in [0.717, 1.165) is 10.8 Å². The minimum Gasteiger partial charge on any atom is -0.394 e. The van der Waals surface area contributed by atoms with Gasteiger partial charge in [-0.15, -0.1) is 0 Å². The third kappa shape index (κ3) is 2.28. The molecule has 8 heteroatoms. The quantitative estimate of drug-likeness (QED) is 0.770. The van der Waals surface area contributed by atoms with Crippen LogP contribution < -0.4 is 5.69 Å². The number of nitrogens with zero attached hydrogens (tertiary/aromatic N) is 1. The molecule has 2 N–H and O–H groups in total. The molecule has 0 amide bonds. The number of hydrogen-bond donors (Lipinski definition) is 2. The molecule has 1 aromatic rings. The van der Waals surface area contributed by atoms with Gasteiger partial charge in [-0.3, -0.25) is 9.55 Å². The van der Waals surface area contributed by atoms with Crippen LogP contribution in [0.15, 0.2) is 11.0 Å². The van der Waals surface area contributed by atoms with E-state index in [1.165, 1.54) is 0 Å². The summed E-state index contributed by atoms with van der Waals surface area (Å²) in [5, 5.41) is 8.84. The lowest BCUT2D eigenvalue weighted by molar-refractivity contribution is -0.0398. The van der Waals surface area contributed by atoms with Gasteiger partial charge in [0.1, 0.15) is 10.8 Å². The molecule has 5 nitrogen and oxygen atoms in total. The van der Waals surface area contributed by atoms with Gasteiger partial charge in [-0.2, -0.15) is 0 Å². The van der Waals surface area contributed by atoms with Crippen LogP contribution in [0.3, 0.4) is 0 Å². The van der Waals surface area contributed by atoms with Gasteiger partial charge in [0.2, 0.25) is 0 Å². The summed E-state index contributed by atoms with van der Waals surface area (Å²) >= 11 is 4.53. The van der Waals surface area contributed by atoms with Crippen LogP contribution in [-0.4, -0.2) is 33.5 Å². The smallest absolute Gasteiger partial charge is 0.328 e. The predicted octanol–water partition coefficient (Wildman–Crippen LogP) is 0.663. The number of aromatic amines is 1. The Kier molecular flexibility index (Phi) is 3.36. The van der Waals surface area contributed by atoms with Crippen LogP contribution in [0.25, 0.3) is 0 Å². The number of aliphatic hydroxyl groups is 1. The number of halogens is 2. The second-order valence-electron chi connectivity index (χ2n) is 3.73. The minimum absolute atomic E-state index is 0.0369. The molecular weight excluding hydrogens is 254 g/mol. The van der Waals surface area contributed by atoms with Crippen LogP contribution in [0.1, 0.15) is 12.6 Å². The largest absolute Gasteiger partial charge is 0.394 e. The first-order valence-corrected chi connectivity index (χ1v) is 5.35. The molecule has 1 aliphatic heterocycles. The molecule has 1 saturated heterocycles. The van der Waals surface area contributed by atoms with Crippen LogP contribution in [0.4, 0.5) is 8.78 Å². The number of hydrogen-bond acceptors (Lipinski definition) is 4. The number of ether oxygens (including phenoxy) is 1. The van der Waals surface area contributed by atoms with Gasteiger partial charge >= 0.3 is 5.69 Å². The Balaban J connectivity index is 2.38. The fourth-order valence-corrected chi connectivity index (χ4v) is 1.85. The summed E-state index contributed by atoms with van der Waals surface area (Å²) in [5.41, 5.74) is -0.748. The number of H-pyrrole nitrogens is 1. The van der Waals surface area contributed by atoms with Gasteiger partial charge in [-0.25, -0.2) is 13.6 Å². The van der Waals surface area contributed by atoms with E-state index in [2.05, 4.69) is 17.2 Å². The minimum atomic E-state index is -1.48. The van der Waals surface area contributed by atoms with Crippen LogP contribution in [0.2, 0.25) is 0 Å². The monoisotopic (exact) mass is 264 g/mol. The SMILES string of the molecule is O=c1[nH]c(=S)c(F)cn1[C@@H]1O[C@H](CO)CC1F. The second-order valence-corrected chi connectivity index (χ2v) is 4.13. The lowest BCUT2D eigenvalue weighted by Gasteiger charge is -2.15. The Bertz CT molecular complexity index is 530. The van der Waals surface area contributed by atoms with Crippen LogP contribution in [0, 0.1) is 10.5 Å². The molecule has 3 atom stereocenters. The third-order valence-electron chi connectivity index (χ3n) is 2.53. The highest BCUT2D eigenvalue weighted by molar-refractivity contribution is 7.71. The first-order valence-electron chi connectivity index (χ1n) is 4.94. The molecule has 0 saturated carbocycles. The Morgan fingerprint density at radius 3 is 3.00 bits per heavy atom. The van der Waals surface area contributed by atoms with E-state index in [-0.39, 0.29) is 17.7 Å². The van der Waals surface area contributed by atoms with Crippen LogP contribution >= 0.6 is 12.2 Å². The van der Waals surface area contributed by atoms with Crippen molar-refractivity contribution < 1.29 is 18.6 Å². The first kappa shape index (κ1) is 12.3. The molecule has 0 spiro atoms. The van der Waals surface area contributed by atoms with Crippen LogP contribution in [0.5, 0.6) is 0 Å². The predicted molar refractivity (Wildman–Crippen MR) is 56.4 cm³/mol. The molecule has 1 unspecified atom stereocenters. The highest BCUT2D eigenvalue weighted by Crippen LogP contribution is 2.30. The Morgan fingerprint density at radius 2 is 2.41 bits per heavy atom. The number of rotatable bonds is 2. The highest BCUT2D eigenvalue weighted by Gasteiger charge is 2.37. The second kappa shape index (κ2) is 4.63. The molecule has 17 heavy (non-hydrogen) atoms. The van der Waals surface area contributed by atoms with Crippen molar-refractivity contribution in [2.24, 2.45) is 0 Å². The molecule has 1 aliphatic rings. The summed E-state index contributed by atoms with van der Waals surface area (Å²) in [4.78, 5) is 13.6. The van der Waals surface area contributed by atoms with Crippen molar-refractivity contribution in [1.82, 2.24) is 9.55 Å². The fraction of sp³-hybridized carbons (Fsp3) is 0.556. The summed E-state index contributed by atoms with van der Waals surface area (Å²) < 4.78 is 32.3. The maximum absolute atomic E-state index is 13.6. The summed E-state index contributed by atoms with van der Waals surface area (Å²) in [6.07, 6.45) is -2.63. The molecule has 0 aliphatic carbocycles. The Labute approximate surface area is 99.7 Å². The van der Waals surface area contributed by atoms with Crippen LogP contribution in [-0.2, 0) is 4.74 Å². The molecule has 94 valence electrons. The van der Waals surface area contributed by atoms with Crippen molar-refractivity contribution in [3.63, 3.8) is 0 Å². The van der Waals surface area contributed by atoms with Crippen molar-refractivity contribution in [2.75, 3.05) is 6.61 Å². The zero-order valence-electron chi connectivity index (χ0n) is 8.60. The van der Waals surface area contributed by atoms with E-state index >= 15 is 0 Å². The van der Waals surface area contributed by atoms with E-state index in [0.29, 0.717) is 0 Å². The van der Waals surface area contributed by atoms with E-state index in [1.807, 2.05) is 0 Å². The van der Waals surface area contributed by atoms with E-state index in [4.69, 9.17) is 9.84 Å². The van der Waals surface area contributed by atoms with Gasteiger partial charge < -0.3 is 9.84 Å². The van der Waals surface area contributed by atoms with Crippen molar-refractivity contribution in [3.8, 4) is 0 Å². The average molecular weight is 264 g/mol. The standard InChI is InChI=1S/C9H10F2N2O3S/c10-5-1-4(3-14)16-8(5)13-2-6(11)7(17)12-9(13)15/h2,4-5,8,14H,1,3H2,(H,12,15,17)/t4-,5?,8+/m0/s1. The maximum atomic E-state index is 13.6. The van der Waals surface area contributed by atoms with E-state index in [9.17, 15) is 13.6 Å². The molecule has 1 fully saturated rings. The fourth-order valence-electron chi connectivity index (χ4n) is 1.71. The van der Waals surface area contributed by atoms with Crippen molar-refractivity contribution in [1.29, 1.82) is 0 Å². The number of aliphatic hydroxyl groups excluding tert-OH is 1. The summed E-state index contributed by atoms with van der Waals surface area (Å²) in [5.74, 6) is -0.831. The van der Waals surface area contributed by atoms with Gasteiger partial charge in [-0.05, 0) is 0 Å². The molecule has 0 bridgehead atoms. The number of aromatic nitrogens is 2.